The fourth-order valence-corrected chi connectivity index (χ4v) is 4.42. The van der Waals surface area contributed by atoms with Crippen molar-refractivity contribution in [1.82, 2.24) is 9.62 Å². The second-order valence-corrected chi connectivity index (χ2v) is 7.82. The number of nitrogens with one attached hydrogen (secondary N) is 1. The van der Waals surface area contributed by atoms with Gasteiger partial charge in [-0.3, -0.25) is 9.59 Å². The third kappa shape index (κ3) is 4.01. The molecule has 0 saturated carbocycles. The molecule has 1 N–H and O–H groups in total. The van der Waals surface area contributed by atoms with E-state index in [0.717, 1.165) is 0 Å². The van der Waals surface area contributed by atoms with E-state index in [1.807, 2.05) is 6.92 Å². The van der Waals surface area contributed by atoms with E-state index in [-0.39, 0.29) is 29.0 Å². The zero-order valence-electron chi connectivity index (χ0n) is 14.9. The molecule has 7 nitrogen and oxygen atoms in total. The molecule has 1 fully saturated rings. The van der Waals surface area contributed by atoms with Crippen LogP contribution in [0.3, 0.4) is 0 Å². The van der Waals surface area contributed by atoms with Gasteiger partial charge in [0.15, 0.2) is 0 Å². The van der Waals surface area contributed by atoms with Gasteiger partial charge in [-0.05, 0) is 31.2 Å². The Bertz CT molecular complexity index is 727. The van der Waals surface area contributed by atoms with Gasteiger partial charge in [0.25, 0.3) is 0 Å². The summed E-state index contributed by atoms with van der Waals surface area (Å²) in [6, 6.07) is 6.26. The van der Waals surface area contributed by atoms with Crippen LogP contribution in [-0.2, 0) is 19.6 Å². The van der Waals surface area contributed by atoms with Gasteiger partial charge in [0.2, 0.25) is 21.8 Å². The van der Waals surface area contributed by atoms with Crippen LogP contribution in [0.1, 0.15) is 27.2 Å². The molecule has 1 aromatic carbocycles. The van der Waals surface area contributed by atoms with Crippen molar-refractivity contribution in [2.45, 2.75) is 32.1 Å². The monoisotopic (exact) mass is 367 g/mol. The Morgan fingerprint density at radius 1 is 1.20 bits per heavy atom. The summed E-state index contributed by atoms with van der Waals surface area (Å²) >= 11 is 0. The first-order chi connectivity index (χ1) is 11.8. The smallest absolute Gasteiger partial charge is 0.243 e. The van der Waals surface area contributed by atoms with Crippen molar-refractivity contribution in [3.8, 4) is 0 Å². The first-order valence-corrected chi connectivity index (χ1v) is 9.97. The second-order valence-electron chi connectivity index (χ2n) is 5.88. The summed E-state index contributed by atoms with van der Waals surface area (Å²) in [5.74, 6) is -0.624. The first kappa shape index (κ1) is 19.4. The van der Waals surface area contributed by atoms with E-state index in [1.165, 1.54) is 21.3 Å². The number of sulfonamides is 1. The van der Waals surface area contributed by atoms with Gasteiger partial charge in [0.1, 0.15) is 0 Å². The maximum Gasteiger partial charge on any atom is 0.243 e. The average molecular weight is 367 g/mol. The zero-order chi connectivity index (χ0) is 18.6. The summed E-state index contributed by atoms with van der Waals surface area (Å²) in [7, 11) is -3.52. The molecule has 1 aliphatic rings. The van der Waals surface area contributed by atoms with Crippen molar-refractivity contribution in [1.29, 1.82) is 0 Å². The van der Waals surface area contributed by atoms with Gasteiger partial charge in [0, 0.05) is 38.3 Å². The highest BCUT2D eigenvalue weighted by molar-refractivity contribution is 7.89. The first-order valence-electron chi connectivity index (χ1n) is 8.53. The Labute approximate surface area is 149 Å². The fourth-order valence-electron chi connectivity index (χ4n) is 2.96. The lowest BCUT2D eigenvalue weighted by Crippen LogP contribution is -2.32. The number of hydrogen-bond acceptors (Lipinski definition) is 4. The third-order valence-corrected chi connectivity index (χ3v) is 6.40. The van der Waals surface area contributed by atoms with Crippen LogP contribution in [-0.4, -0.2) is 50.7 Å². The quantitative estimate of drug-likeness (QED) is 0.785. The van der Waals surface area contributed by atoms with E-state index in [2.05, 4.69) is 5.32 Å². The van der Waals surface area contributed by atoms with Crippen molar-refractivity contribution in [2.75, 3.05) is 31.1 Å². The number of rotatable bonds is 7. The Balaban J connectivity index is 2.18. The number of anilines is 1. The van der Waals surface area contributed by atoms with E-state index in [9.17, 15) is 18.0 Å². The lowest BCUT2D eigenvalue weighted by molar-refractivity contribution is -0.126. The van der Waals surface area contributed by atoms with Crippen LogP contribution in [0.25, 0.3) is 0 Å². The number of hydrogen-bond donors (Lipinski definition) is 1. The number of benzene rings is 1. The molecule has 0 spiro atoms. The maximum absolute atomic E-state index is 12.5. The molecule has 1 atom stereocenters. The highest BCUT2D eigenvalue weighted by Crippen LogP contribution is 2.27. The molecular weight excluding hydrogens is 342 g/mol. The Morgan fingerprint density at radius 2 is 1.80 bits per heavy atom. The number of carbonyl (C=O) groups is 2. The average Bonchev–Trinajstić information content (AvgIpc) is 2.98. The highest BCUT2D eigenvalue weighted by Gasteiger charge is 2.35. The number of carbonyl (C=O) groups excluding carboxylic acids is 2. The van der Waals surface area contributed by atoms with Gasteiger partial charge in [-0.2, -0.15) is 4.31 Å². The van der Waals surface area contributed by atoms with Crippen LogP contribution >= 0.6 is 0 Å². The van der Waals surface area contributed by atoms with Crippen molar-refractivity contribution >= 4 is 27.5 Å². The summed E-state index contributed by atoms with van der Waals surface area (Å²) in [4.78, 5) is 25.9. The Kier molecular flexibility index (Phi) is 6.18. The minimum atomic E-state index is -3.52. The standard InChI is InChI=1S/C17H25N3O4S/c1-4-18-17(22)13-11-16(21)20(12-13)14-7-9-15(10-8-14)25(23,24)19(5-2)6-3/h7-10,13H,4-6,11-12H2,1-3H3,(H,18,22). The normalized spacial score (nSPS) is 18.0. The SMILES string of the molecule is CCNC(=O)C1CC(=O)N(c2ccc(S(=O)(=O)N(CC)CC)cc2)C1. The highest BCUT2D eigenvalue weighted by atomic mass is 32.2. The topological polar surface area (TPSA) is 86.8 Å². The van der Waals surface area contributed by atoms with Crippen LogP contribution in [0.5, 0.6) is 0 Å². The molecule has 0 bridgehead atoms. The Morgan fingerprint density at radius 3 is 2.32 bits per heavy atom. The summed E-state index contributed by atoms with van der Waals surface area (Å²) in [6.07, 6.45) is 0.172. The van der Waals surface area contributed by atoms with Gasteiger partial charge < -0.3 is 10.2 Å². The minimum Gasteiger partial charge on any atom is -0.356 e. The molecule has 0 radical (unpaired) electrons. The number of nitrogens with zero attached hydrogens (tertiary/aromatic N) is 2. The van der Waals surface area contributed by atoms with E-state index >= 15 is 0 Å². The summed E-state index contributed by atoms with van der Waals surface area (Å²) in [5, 5.41) is 2.73. The van der Waals surface area contributed by atoms with Crippen LogP contribution in [0.4, 0.5) is 5.69 Å². The molecule has 1 aromatic rings. The summed E-state index contributed by atoms with van der Waals surface area (Å²) in [6.45, 7) is 7.06. The van der Waals surface area contributed by atoms with Crippen molar-refractivity contribution in [3.63, 3.8) is 0 Å². The largest absolute Gasteiger partial charge is 0.356 e. The molecule has 1 aliphatic heterocycles. The lowest BCUT2D eigenvalue weighted by Gasteiger charge is -2.20. The molecule has 2 rings (SSSR count). The van der Waals surface area contributed by atoms with Gasteiger partial charge in [-0.15, -0.1) is 0 Å². The van der Waals surface area contributed by atoms with Crippen molar-refractivity contribution < 1.29 is 18.0 Å². The van der Waals surface area contributed by atoms with E-state index < -0.39 is 10.0 Å². The van der Waals surface area contributed by atoms with Crippen LogP contribution in [0.15, 0.2) is 29.2 Å². The molecule has 1 heterocycles. The minimum absolute atomic E-state index is 0.126. The number of amides is 2. The van der Waals surface area contributed by atoms with E-state index in [4.69, 9.17) is 0 Å². The predicted molar refractivity (Wildman–Crippen MR) is 95.7 cm³/mol. The third-order valence-electron chi connectivity index (χ3n) is 4.34. The molecule has 25 heavy (non-hydrogen) atoms. The molecule has 1 unspecified atom stereocenters. The molecule has 0 aliphatic carbocycles. The van der Waals surface area contributed by atoms with Crippen LogP contribution < -0.4 is 10.2 Å². The maximum atomic E-state index is 12.5. The van der Waals surface area contributed by atoms with Gasteiger partial charge in [-0.1, -0.05) is 13.8 Å². The van der Waals surface area contributed by atoms with Gasteiger partial charge in [-0.25, -0.2) is 8.42 Å². The molecule has 1 saturated heterocycles. The van der Waals surface area contributed by atoms with Gasteiger partial charge in [0.05, 0.1) is 10.8 Å². The summed E-state index contributed by atoms with van der Waals surface area (Å²) in [5.41, 5.74) is 0.607. The van der Waals surface area contributed by atoms with Crippen molar-refractivity contribution in [2.24, 2.45) is 5.92 Å². The molecule has 0 aromatic heterocycles. The Hall–Kier alpha value is -1.93. The zero-order valence-corrected chi connectivity index (χ0v) is 15.7. The molecular formula is C17H25N3O4S. The summed E-state index contributed by atoms with van der Waals surface area (Å²) < 4.78 is 26.4. The van der Waals surface area contributed by atoms with E-state index in [0.29, 0.717) is 31.9 Å². The molecule has 138 valence electrons. The predicted octanol–water partition coefficient (Wildman–Crippen LogP) is 1.21. The lowest BCUT2D eigenvalue weighted by atomic mass is 10.1. The fraction of sp³-hybridized carbons (Fsp3) is 0.529. The second kappa shape index (κ2) is 7.97. The molecule has 2 amide bonds. The van der Waals surface area contributed by atoms with E-state index in [1.54, 1.807) is 26.0 Å². The van der Waals surface area contributed by atoms with Crippen molar-refractivity contribution in [3.05, 3.63) is 24.3 Å². The van der Waals surface area contributed by atoms with Crippen LogP contribution in [0, 0.1) is 5.92 Å². The van der Waals surface area contributed by atoms with Crippen LogP contribution in [0.2, 0.25) is 0 Å². The van der Waals surface area contributed by atoms with Gasteiger partial charge >= 0.3 is 0 Å². The molecule has 8 heteroatoms.